The molecule has 0 saturated heterocycles. The van der Waals surface area contributed by atoms with E-state index in [9.17, 15) is 18.8 Å². The number of nitrogens with zero attached hydrogens (tertiary/aromatic N) is 2. The van der Waals surface area contributed by atoms with Crippen LogP contribution in [-0.4, -0.2) is 21.6 Å². The molecular weight excluding hydrogens is 457 g/mol. The maximum Gasteiger partial charge on any atom is 0.336 e. The van der Waals surface area contributed by atoms with Crippen LogP contribution in [0.1, 0.15) is 24.5 Å². The van der Waals surface area contributed by atoms with E-state index in [1.54, 1.807) is 48.5 Å². The maximum absolute atomic E-state index is 13.5. The summed E-state index contributed by atoms with van der Waals surface area (Å²) in [6, 6.07) is 17.6. The summed E-state index contributed by atoms with van der Waals surface area (Å²) in [4.78, 5) is 38.8. The molecule has 0 bridgehead atoms. The average Bonchev–Trinajstić information content (AvgIpc) is 2.83. The first kappa shape index (κ1) is 23.4. The van der Waals surface area contributed by atoms with Crippen molar-refractivity contribution in [1.29, 1.82) is 0 Å². The van der Waals surface area contributed by atoms with Gasteiger partial charge in [0, 0.05) is 11.6 Å². The third-order valence-corrected chi connectivity index (χ3v) is 5.88. The molecule has 0 radical (unpaired) electrons. The van der Waals surface area contributed by atoms with Gasteiger partial charge in [-0.25, -0.2) is 13.8 Å². The van der Waals surface area contributed by atoms with E-state index in [4.69, 9.17) is 11.6 Å². The number of rotatable bonds is 7. The Balaban J connectivity index is 1.79. The molecule has 1 heterocycles. The van der Waals surface area contributed by atoms with Gasteiger partial charge in [-0.3, -0.25) is 14.2 Å². The van der Waals surface area contributed by atoms with E-state index in [1.807, 2.05) is 6.92 Å². The van der Waals surface area contributed by atoms with Gasteiger partial charge in [-0.2, -0.15) is 0 Å². The average molecular weight is 480 g/mol. The van der Waals surface area contributed by atoms with Crippen molar-refractivity contribution in [2.75, 3.05) is 6.54 Å². The third-order valence-electron chi connectivity index (χ3n) is 5.53. The van der Waals surface area contributed by atoms with E-state index in [0.717, 1.165) is 16.6 Å². The van der Waals surface area contributed by atoms with Crippen LogP contribution >= 0.6 is 11.6 Å². The van der Waals surface area contributed by atoms with E-state index in [2.05, 4.69) is 5.32 Å². The van der Waals surface area contributed by atoms with Gasteiger partial charge < -0.3 is 5.32 Å². The Morgan fingerprint density at radius 1 is 1.03 bits per heavy atom. The fourth-order valence-electron chi connectivity index (χ4n) is 3.80. The number of hydrogen-bond acceptors (Lipinski definition) is 3. The highest BCUT2D eigenvalue weighted by Crippen LogP contribution is 2.20. The van der Waals surface area contributed by atoms with Crippen LogP contribution < -0.4 is 16.6 Å². The van der Waals surface area contributed by atoms with Crippen molar-refractivity contribution in [1.82, 2.24) is 14.5 Å². The fourth-order valence-corrected chi connectivity index (χ4v) is 4.02. The molecule has 0 aliphatic heterocycles. The van der Waals surface area contributed by atoms with Crippen LogP contribution in [0.5, 0.6) is 0 Å². The molecule has 0 aliphatic rings. The van der Waals surface area contributed by atoms with Crippen LogP contribution in [-0.2, 0) is 17.8 Å². The molecular formula is C26H23ClFN3O3. The standard InChI is InChI=1S/C26H23ClFN3O3/c1-2-13-29-24(32)14-17-7-11-20(12-8-17)31-25(33)21-5-3-4-6-23(21)30(26(31)34)16-18-9-10-19(28)15-22(18)27/h3-12,15H,2,13-14,16H2,1H3,(H,29,32). The van der Waals surface area contributed by atoms with Crippen LogP contribution in [0.2, 0.25) is 5.02 Å². The van der Waals surface area contributed by atoms with Crippen LogP contribution in [0.4, 0.5) is 4.39 Å². The normalized spacial score (nSPS) is 11.0. The first-order valence-corrected chi connectivity index (χ1v) is 11.3. The van der Waals surface area contributed by atoms with Crippen molar-refractivity contribution in [3.8, 4) is 5.69 Å². The van der Waals surface area contributed by atoms with Crippen molar-refractivity contribution in [3.05, 3.63) is 110 Å². The summed E-state index contributed by atoms with van der Waals surface area (Å²) in [6.45, 7) is 2.66. The van der Waals surface area contributed by atoms with Gasteiger partial charge >= 0.3 is 5.69 Å². The van der Waals surface area contributed by atoms with Crippen molar-refractivity contribution in [2.45, 2.75) is 26.3 Å². The van der Waals surface area contributed by atoms with Crippen LogP contribution in [0.3, 0.4) is 0 Å². The lowest BCUT2D eigenvalue weighted by atomic mass is 10.1. The van der Waals surface area contributed by atoms with Crippen molar-refractivity contribution >= 4 is 28.4 Å². The highest BCUT2D eigenvalue weighted by Gasteiger charge is 2.16. The van der Waals surface area contributed by atoms with Gasteiger partial charge in [0.25, 0.3) is 5.56 Å². The molecule has 174 valence electrons. The van der Waals surface area contributed by atoms with Gasteiger partial charge in [-0.15, -0.1) is 0 Å². The fraction of sp³-hybridized carbons (Fsp3) is 0.192. The number of carbonyl (C=O) groups excluding carboxylic acids is 1. The SMILES string of the molecule is CCCNC(=O)Cc1ccc(-n2c(=O)c3ccccc3n(Cc3ccc(F)cc3Cl)c2=O)cc1. The van der Waals surface area contributed by atoms with Crippen molar-refractivity contribution in [3.63, 3.8) is 0 Å². The lowest BCUT2D eigenvalue weighted by Crippen LogP contribution is -2.39. The Morgan fingerprint density at radius 2 is 1.76 bits per heavy atom. The number of halogens is 2. The molecule has 8 heteroatoms. The van der Waals surface area contributed by atoms with Crippen LogP contribution in [0.25, 0.3) is 16.6 Å². The summed E-state index contributed by atoms with van der Waals surface area (Å²) in [5.41, 5.74) is 1.17. The molecule has 3 aromatic carbocycles. The van der Waals surface area contributed by atoms with Gasteiger partial charge in [0.1, 0.15) is 5.82 Å². The molecule has 1 N–H and O–H groups in total. The molecule has 1 aromatic heterocycles. The number of benzene rings is 3. The van der Waals surface area contributed by atoms with Crippen LogP contribution in [0.15, 0.2) is 76.3 Å². The van der Waals surface area contributed by atoms with Crippen LogP contribution in [0, 0.1) is 5.82 Å². The number of carbonyl (C=O) groups is 1. The van der Waals surface area contributed by atoms with Crippen molar-refractivity contribution in [2.24, 2.45) is 0 Å². The van der Waals surface area contributed by atoms with E-state index in [-0.39, 0.29) is 23.9 Å². The number of nitrogens with one attached hydrogen (secondary N) is 1. The Morgan fingerprint density at radius 3 is 2.47 bits per heavy atom. The number of para-hydroxylation sites is 1. The van der Waals surface area contributed by atoms with Gasteiger partial charge in [0.2, 0.25) is 5.91 Å². The highest BCUT2D eigenvalue weighted by molar-refractivity contribution is 6.31. The van der Waals surface area contributed by atoms with Crippen molar-refractivity contribution < 1.29 is 9.18 Å². The second-order valence-electron chi connectivity index (χ2n) is 7.96. The second-order valence-corrected chi connectivity index (χ2v) is 8.36. The second kappa shape index (κ2) is 10.1. The van der Waals surface area contributed by atoms with E-state index in [0.29, 0.717) is 28.7 Å². The monoisotopic (exact) mass is 479 g/mol. The molecule has 34 heavy (non-hydrogen) atoms. The Bertz CT molecular complexity index is 1480. The summed E-state index contributed by atoms with van der Waals surface area (Å²) in [6.07, 6.45) is 1.06. The topological polar surface area (TPSA) is 73.1 Å². The Kier molecular flexibility index (Phi) is 6.93. The Hall–Kier alpha value is -3.71. The zero-order valence-electron chi connectivity index (χ0n) is 18.6. The molecule has 0 spiro atoms. The minimum atomic E-state index is -0.544. The predicted octanol–water partition coefficient (Wildman–Crippen LogP) is 4.06. The third kappa shape index (κ3) is 4.79. The smallest absolute Gasteiger partial charge is 0.336 e. The number of aromatic nitrogens is 2. The highest BCUT2D eigenvalue weighted by atomic mass is 35.5. The first-order valence-electron chi connectivity index (χ1n) is 10.9. The molecule has 0 saturated carbocycles. The summed E-state index contributed by atoms with van der Waals surface area (Å²) in [5.74, 6) is -0.560. The quantitative estimate of drug-likeness (QED) is 0.434. The number of amides is 1. The summed E-state index contributed by atoms with van der Waals surface area (Å²) in [5, 5.41) is 3.38. The molecule has 6 nitrogen and oxygen atoms in total. The summed E-state index contributed by atoms with van der Waals surface area (Å²) in [7, 11) is 0. The van der Waals surface area contributed by atoms with E-state index in [1.165, 1.54) is 22.8 Å². The predicted molar refractivity (Wildman–Crippen MR) is 131 cm³/mol. The molecule has 0 atom stereocenters. The number of hydrogen-bond donors (Lipinski definition) is 1. The van der Waals surface area contributed by atoms with Gasteiger partial charge in [0.05, 0.1) is 29.6 Å². The zero-order valence-corrected chi connectivity index (χ0v) is 19.3. The Labute approximate surface area is 200 Å². The minimum Gasteiger partial charge on any atom is -0.356 e. The van der Waals surface area contributed by atoms with E-state index < -0.39 is 17.1 Å². The number of fused-ring (bicyclic) bond motifs is 1. The largest absolute Gasteiger partial charge is 0.356 e. The maximum atomic E-state index is 13.5. The molecule has 4 aromatic rings. The molecule has 4 rings (SSSR count). The first-order chi connectivity index (χ1) is 16.4. The molecule has 0 unspecified atom stereocenters. The van der Waals surface area contributed by atoms with Gasteiger partial charge in [-0.05, 0) is 53.9 Å². The summed E-state index contributed by atoms with van der Waals surface area (Å²) >= 11 is 6.21. The molecule has 1 amide bonds. The summed E-state index contributed by atoms with van der Waals surface area (Å²) < 4.78 is 16.1. The van der Waals surface area contributed by atoms with Gasteiger partial charge in [-0.1, -0.05) is 48.9 Å². The lowest BCUT2D eigenvalue weighted by molar-refractivity contribution is -0.120. The van der Waals surface area contributed by atoms with Gasteiger partial charge in [0.15, 0.2) is 0 Å². The van der Waals surface area contributed by atoms with E-state index >= 15 is 0 Å². The lowest BCUT2D eigenvalue weighted by Gasteiger charge is -2.15. The zero-order chi connectivity index (χ0) is 24.2. The molecule has 0 fully saturated rings. The molecule has 0 aliphatic carbocycles. The minimum absolute atomic E-state index is 0.0639.